The van der Waals surface area contributed by atoms with E-state index in [9.17, 15) is 0 Å². The van der Waals surface area contributed by atoms with Crippen LogP contribution in [-0.2, 0) is 9.47 Å². The second kappa shape index (κ2) is 10.0. The molecule has 2 fully saturated rings. The Hall–Kier alpha value is -2.04. The molecule has 2 aromatic carbocycles. The smallest absolute Gasteiger partial charge is 0.126 e. The van der Waals surface area contributed by atoms with Gasteiger partial charge in [-0.2, -0.15) is 0 Å². The SMILES string of the molecule is CC(C)c1cc(-c2cc(C(C)C)c(OCC3(C)CO3)c(C(C)C)c2)cc(C(C)C)c1OCC1(C)CO1. The topological polar surface area (TPSA) is 43.5 Å². The third kappa shape index (κ3) is 5.92. The predicted octanol–water partition coefficient (Wildman–Crippen LogP) is 8.18. The maximum absolute atomic E-state index is 6.46. The quantitative estimate of drug-likeness (QED) is 0.295. The number of rotatable bonds is 11. The third-order valence-electron chi connectivity index (χ3n) is 7.43. The Morgan fingerprint density at radius 2 is 0.833 bits per heavy atom. The Balaban J connectivity index is 1.81. The molecule has 4 rings (SSSR count). The van der Waals surface area contributed by atoms with Crippen LogP contribution in [0.15, 0.2) is 24.3 Å². The van der Waals surface area contributed by atoms with Crippen molar-refractivity contribution in [2.75, 3.05) is 26.4 Å². The van der Waals surface area contributed by atoms with Crippen LogP contribution >= 0.6 is 0 Å². The summed E-state index contributed by atoms with van der Waals surface area (Å²) in [7, 11) is 0. The van der Waals surface area contributed by atoms with Crippen LogP contribution in [0.25, 0.3) is 11.1 Å². The van der Waals surface area contributed by atoms with Crippen LogP contribution in [0, 0.1) is 0 Å². The van der Waals surface area contributed by atoms with Crippen molar-refractivity contribution >= 4 is 0 Å². The second-order valence-corrected chi connectivity index (χ2v) is 12.6. The van der Waals surface area contributed by atoms with Crippen LogP contribution in [0.4, 0.5) is 0 Å². The first-order valence-electron chi connectivity index (χ1n) is 13.7. The summed E-state index contributed by atoms with van der Waals surface area (Å²) >= 11 is 0. The first kappa shape index (κ1) is 27.0. The predicted molar refractivity (Wildman–Crippen MR) is 148 cm³/mol. The normalized spacial score (nSPS) is 23.2. The van der Waals surface area contributed by atoms with E-state index in [0.717, 1.165) is 24.7 Å². The van der Waals surface area contributed by atoms with Gasteiger partial charge in [0.05, 0.1) is 13.2 Å². The highest BCUT2D eigenvalue weighted by Gasteiger charge is 2.41. The number of benzene rings is 2. The van der Waals surface area contributed by atoms with E-state index in [2.05, 4.69) is 93.5 Å². The minimum Gasteiger partial charge on any atom is -0.490 e. The minimum absolute atomic E-state index is 0.141. The van der Waals surface area contributed by atoms with Gasteiger partial charge in [-0.05, 0) is 95.2 Å². The Kier molecular flexibility index (Phi) is 7.52. The van der Waals surface area contributed by atoms with Crippen molar-refractivity contribution in [3.05, 3.63) is 46.5 Å². The van der Waals surface area contributed by atoms with Gasteiger partial charge in [0.25, 0.3) is 0 Å². The maximum atomic E-state index is 6.46. The van der Waals surface area contributed by atoms with E-state index >= 15 is 0 Å². The summed E-state index contributed by atoms with van der Waals surface area (Å²) in [6.45, 7) is 25.0. The van der Waals surface area contributed by atoms with Crippen LogP contribution in [0.1, 0.15) is 115 Å². The molecule has 0 radical (unpaired) electrons. The van der Waals surface area contributed by atoms with Crippen molar-refractivity contribution in [1.82, 2.24) is 0 Å². The van der Waals surface area contributed by atoms with Gasteiger partial charge in [0.15, 0.2) is 0 Å². The third-order valence-corrected chi connectivity index (χ3v) is 7.43. The van der Waals surface area contributed by atoms with Crippen LogP contribution < -0.4 is 9.47 Å². The first-order chi connectivity index (χ1) is 16.8. The summed E-state index contributed by atoms with van der Waals surface area (Å²) in [5.74, 6) is 3.46. The van der Waals surface area contributed by atoms with E-state index in [1.165, 1.54) is 33.4 Å². The molecule has 2 saturated heterocycles. The van der Waals surface area contributed by atoms with Crippen molar-refractivity contribution in [3.8, 4) is 22.6 Å². The van der Waals surface area contributed by atoms with Crippen LogP contribution in [0.3, 0.4) is 0 Å². The summed E-state index contributed by atoms with van der Waals surface area (Å²) in [5.41, 5.74) is 7.26. The molecule has 4 heteroatoms. The molecular formula is C32H46O4. The number of hydrogen-bond donors (Lipinski definition) is 0. The number of hydrogen-bond acceptors (Lipinski definition) is 4. The Morgan fingerprint density at radius 1 is 0.583 bits per heavy atom. The molecule has 0 N–H and O–H groups in total. The van der Waals surface area contributed by atoms with Crippen molar-refractivity contribution in [2.24, 2.45) is 0 Å². The highest BCUT2D eigenvalue weighted by Crippen LogP contribution is 2.44. The average molecular weight is 495 g/mol. The fourth-order valence-corrected chi connectivity index (χ4v) is 4.59. The molecule has 0 saturated carbocycles. The molecule has 2 aliphatic rings. The van der Waals surface area contributed by atoms with Gasteiger partial charge in [-0.1, -0.05) is 55.4 Å². The number of epoxide rings is 2. The first-order valence-corrected chi connectivity index (χ1v) is 13.7. The lowest BCUT2D eigenvalue weighted by atomic mass is 9.86. The largest absolute Gasteiger partial charge is 0.490 e. The number of ether oxygens (including phenoxy) is 4. The molecule has 36 heavy (non-hydrogen) atoms. The highest BCUT2D eigenvalue weighted by atomic mass is 16.6. The van der Waals surface area contributed by atoms with Gasteiger partial charge in [0.2, 0.25) is 0 Å². The lowest BCUT2D eigenvalue weighted by Crippen LogP contribution is -2.19. The fourth-order valence-electron chi connectivity index (χ4n) is 4.59. The van der Waals surface area contributed by atoms with Gasteiger partial charge in [-0.3, -0.25) is 0 Å². The Labute approximate surface area is 218 Å². The van der Waals surface area contributed by atoms with E-state index in [0.29, 0.717) is 36.9 Å². The van der Waals surface area contributed by atoms with Gasteiger partial charge >= 0.3 is 0 Å². The molecule has 2 aliphatic heterocycles. The van der Waals surface area contributed by atoms with Crippen molar-refractivity contribution in [2.45, 2.75) is 104 Å². The molecule has 0 aromatic heterocycles. The minimum atomic E-state index is -0.141. The molecule has 0 bridgehead atoms. The molecule has 2 aromatic rings. The average Bonchev–Trinajstić information content (AvgIpc) is 3.73. The van der Waals surface area contributed by atoms with E-state index < -0.39 is 0 Å². The zero-order chi connectivity index (χ0) is 26.4. The summed E-state index contributed by atoms with van der Waals surface area (Å²) in [4.78, 5) is 0. The van der Waals surface area contributed by atoms with Gasteiger partial charge in [0.1, 0.15) is 35.9 Å². The van der Waals surface area contributed by atoms with E-state index in [1.54, 1.807) is 0 Å². The lowest BCUT2D eigenvalue weighted by Gasteiger charge is -2.25. The second-order valence-electron chi connectivity index (χ2n) is 12.6. The standard InChI is InChI=1S/C32H46O4/c1-19(2)25-11-23(12-26(20(3)4)29(25)33-15-31(9)17-35-31)24-13-27(21(5)6)30(28(14-24)22(7)8)34-16-32(10)18-36-32/h11-14,19-22H,15-18H2,1-10H3. The van der Waals surface area contributed by atoms with E-state index in [1.807, 2.05) is 0 Å². The molecule has 0 spiro atoms. The lowest BCUT2D eigenvalue weighted by molar-refractivity contribution is 0.199. The summed E-state index contributed by atoms with van der Waals surface area (Å²) in [5, 5.41) is 0. The summed E-state index contributed by atoms with van der Waals surface area (Å²) in [6.07, 6.45) is 0. The van der Waals surface area contributed by atoms with Crippen molar-refractivity contribution in [3.63, 3.8) is 0 Å². The van der Waals surface area contributed by atoms with Gasteiger partial charge in [0, 0.05) is 0 Å². The fraction of sp³-hybridized carbons (Fsp3) is 0.625. The molecule has 2 unspecified atom stereocenters. The van der Waals surface area contributed by atoms with Crippen molar-refractivity contribution in [1.29, 1.82) is 0 Å². The molecule has 2 atom stereocenters. The molecule has 2 heterocycles. The molecule has 4 nitrogen and oxygen atoms in total. The zero-order valence-corrected chi connectivity index (χ0v) is 24.1. The Bertz CT molecular complexity index is 942. The van der Waals surface area contributed by atoms with Gasteiger partial charge < -0.3 is 18.9 Å². The van der Waals surface area contributed by atoms with E-state index in [4.69, 9.17) is 18.9 Å². The van der Waals surface area contributed by atoms with Crippen LogP contribution in [-0.4, -0.2) is 37.6 Å². The molecular weight excluding hydrogens is 448 g/mol. The monoisotopic (exact) mass is 494 g/mol. The Morgan fingerprint density at radius 3 is 1.03 bits per heavy atom. The van der Waals surface area contributed by atoms with Crippen LogP contribution in [0.5, 0.6) is 11.5 Å². The molecule has 198 valence electrons. The van der Waals surface area contributed by atoms with E-state index in [-0.39, 0.29) is 11.2 Å². The summed E-state index contributed by atoms with van der Waals surface area (Å²) in [6, 6.07) is 9.35. The summed E-state index contributed by atoms with van der Waals surface area (Å²) < 4.78 is 24.1. The van der Waals surface area contributed by atoms with Crippen molar-refractivity contribution < 1.29 is 18.9 Å². The van der Waals surface area contributed by atoms with Gasteiger partial charge in [-0.25, -0.2) is 0 Å². The molecule has 0 aliphatic carbocycles. The van der Waals surface area contributed by atoms with Gasteiger partial charge in [-0.15, -0.1) is 0 Å². The maximum Gasteiger partial charge on any atom is 0.126 e. The van der Waals surface area contributed by atoms with Crippen LogP contribution in [0.2, 0.25) is 0 Å². The molecule has 0 amide bonds. The zero-order valence-electron chi connectivity index (χ0n) is 24.1. The highest BCUT2D eigenvalue weighted by molar-refractivity contribution is 5.72.